The molecule has 6 heteroatoms. The van der Waals surface area contributed by atoms with E-state index in [9.17, 15) is 9.59 Å². The van der Waals surface area contributed by atoms with Gasteiger partial charge in [-0.15, -0.1) is 11.6 Å². The van der Waals surface area contributed by atoms with Gasteiger partial charge >= 0.3 is 0 Å². The van der Waals surface area contributed by atoms with Crippen molar-refractivity contribution in [1.29, 1.82) is 0 Å². The summed E-state index contributed by atoms with van der Waals surface area (Å²) in [4.78, 5) is 25.3. The quantitative estimate of drug-likeness (QED) is 0.618. The second-order valence-corrected chi connectivity index (χ2v) is 5.40. The molecule has 4 nitrogen and oxygen atoms in total. The summed E-state index contributed by atoms with van der Waals surface area (Å²) < 4.78 is 5.35. The third-order valence-electron chi connectivity index (χ3n) is 2.67. The molecule has 0 aromatic heterocycles. The lowest BCUT2D eigenvalue weighted by molar-refractivity contribution is -0.122. The van der Waals surface area contributed by atoms with Crippen molar-refractivity contribution in [3.05, 3.63) is 34.7 Å². The minimum atomic E-state index is -0.283. The lowest BCUT2D eigenvalue weighted by Crippen LogP contribution is -2.29. The maximum atomic E-state index is 12.0. The molecule has 1 heterocycles. The van der Waals surface area contributed by atoms with Crippen LogP contribution in [-0.2, 0) is 4.79 Å². The van der Waals surface area contributed by atoms with E-state index in [0.29, 0.717) is 11.5 Å². The number of amides is 2. The zero-order chi connectivity index (χ0) is 14.5. The highest BCUT2D eigenvalue weighted by molar-refractivity contribution is 8.18. The zero-order valence-corrected chi connectivity index (χ0v) is 12.5. The van der Waals surface area contributed by atoms with E-state index in [1.54, 1.807) is 6.08 Å². The van der Waals surface area contributed by atoms with Gasteiger partial charge in [0.05, 0.1) is 11.5 Å². The van der Waals surface area contributed by atoms with Crippen LogP contribution in [0.5, 0.6) is 5.75 Å². The van der Waals surface area contributed by atoms with Gasteiger partial charge in [-0.2, -0.15) is 0 Å². The van der Waals surface area contributed by atoms with Gasteiger partial charge in [0.1, 0.15) is 5.75 Å². The van der Waals surface area contributed by atoms with Crippen molar-refractivity contribution in [3.8, 4) is 5.75 Å². The van der Waals surface area contributed by atoms with Gasteiger partial charge in [0.2, 0.25) is 0 Å². The number of carbonyl (C=O) groups excluding carboxylic acids is 2. The molecular formula is C14H14ClNO3S. The molecule has 0 spiro atoms. The van der Waals surface area contributed by atoms with Gasteiger partial charge in [-0.25, -0.2) is 0 Å². The van der Waals surface area contributed by atoms with Crippen molar-refractivity contribution in [2.45, 2.75) is 6.92 Å². The summed E-state index contributed by atoms with van der Waals surface area (Å²) in [5.41, 5.74) is 0.852. The lowest BCUT2D eigenvalue weighted by atomic mass is 10.2. The number of thioether (sulfide) groups is 1. The zero-order valence-electron chi connectivity index (χ0n) is 11.0. The SMILES string of the molecule is CCOc1ccc(C=C2SC(=O)N(CCCl)C2=O)cc1. The highest BCUT2D eigenvalue weighted by Gasteiger charge is 2.34. The Balaban J connectivity index is 2.15. The van der Waals surface area contributed by atoms with Crippen LogP contribution >= 0.6 is 23.4 Å². The van der Waals surface area contributed by atoms with Crippen molar-refractivity contribution in [2.24, 2.45) is 0 Å². The van der Waals surface area contributed by atoms with Gasteiger partial charge in [-0.1, -0.05) is 12.1 Å². The molecule has 2 rings (SSSR count). The first-order chi connectivity index (χ1) is 9.65. The minimum Gasteiger partial charge on any atom is -0.494 e. The summed E-state index contributed by atoms with van der Waals surface area (Å²) in [5, 5.41) is -0.271. The van der Waals surface area contributed by atoms with Gasteiger partial charge < -0.3 is 4.74 Å². The monoisotopic (exact) mass is 311 g/mol. The third kappa shape index (κ3) is 3.35. The molecule has 2 amide bonds. The Bertz CT molecular complexity index is 542. The normalized spacial score (nSPS) is 17.1. The van der Waals surface area contributed by atoms with Crippen LogP contribution in [0, 0.1) is 0 Å². The van der Waals surface area contributed by atoms with E-state index in [4.69, 9.17) is 16.3 Å². The number of hydrogen-bond acceptors (Lipinski definition) is 4. The van der Waals surface area contributed by atoms with E-state index in [0.717, 1.165) is 28.0 Å². The molecule has 0 aliphatic carbocycles. The molecule has 0 radical (unpaired) electrons. The molecule has 1 aliphatic heterocycles. The molecule has 20 heavy (non-hydrogen) atoms. The molecule has 1 aromatic rings. The van der Waals surface area contributed by atoms with E-state index in [1.807, 2.05) is 31.2 Å². The number of hydrogen-bond donors (Lipinski definition) is 0. The first kappa shape index (κ1) is 14.9. The van der Waals surface area contributed by atoms with Crippen LogP contribution in [0.15, 0.2) is 29.2 Å². The molecule has 1 fully saturated rings. The van der Waals surface area contributed by atoms with Gasteiger partial charge in [0.25, 0.3) is 11.1 Å². The van der Waals surface area contributed by atoms with E-state index in [1.165, 1.54) is 0 Å². The smallest absolute Gasteiger partial charge is 0.293 e. The van der Waals surface area contributed by atoms with Crippen molar-refractivity contribution in [3.63, 3.8) is 0 Å². The Morgan fingerprint density at radius 2 is 2.00 bits per heavy atom. The van der Waals surface area contributed by atoms with E-state index in [2.05, 4.69) is 0 Å². The van der Waals surface area contributed by atoms with Crippen LogP contribution in [-0.4, -0.2) is 35.1 Å². The number of halogens is 1. The molecule has 1 saturated heterocycles. The summed E-state index contributed by atoms with van der Waals surface area (Å²) in [6, 6.07) is 7.36. The fourth-order valence-corrected chi connectivity index (χ4v) is 2.79. The number of carbonyl (C=O) groups is 2. The van der Waals surface area contributed by atoms with Crippen LogP contribution in [0.1, 0.15) is 12.5 Å². The Morgan fingerprint density at radius 3 is 2.60 bits per heavy atom. The highest BCUT2D eigenvalue weighted by atomic mass is 35.5. The Kier molecular flexibility index (Phi) is 5.09. The van der Waals surface area contributed by atoms with Crippen molar-refractivity contribution >= 4 is 40.6 Å². The lowest BCUT2D eigenvalue weighted by Gasteiger charge is -2.08. The standard InChI is InChI=1S/C14H14ClNO3S/c1-2-19-11-5-3-10(4-6-11)9-12-13(17)16(8-7-15)14(18)20-12/h3-6,9H,2,7-8H2,1H3. The summed E-state index contributed by atoms with van der Waals surface area (Å²) in [5.74, 6) is 0.739. The van der Waals surface area contributed by atoms with Gasteiger partial charge in [-0.3, -0.25) is 14.5 Å². The van der Waals surface area contributed by atoms with E-state index >= 15 is 0 Å². The first-order valence-corrected chi connectivity index (χ1v) is 7.55. The Labute approximate surface area is 126 Å². The van der Waals surface area contributed by atoms with Crippen molar-refractivity contribution in [2.75, 3.05) is 19.0 Å². The molecule has 0 N–H and O–H groups in total. The van der Waals surface area contributed by atoms with E-state index < -0.39 is 0 Å². The number of benzene rings is 1. The molecule has 1 aliphatic rings. The van der Waals surface area contributed by atoms with Gasteiger partial charge in [0.15, 0.2) is 0 Å². The molecule has 106 valence electrons. The van der Waals surface area contributed by atoms with E-state index in [-0.39, 0.29) is 23.6 Å². The number of imide groups is 1. The fourth-order valence-electron chi connectivity index (χ4n) is 1.76. The predicted molar refractivity (Wildman–Crippen MR) is 81.0 cm³/mol. The number of ether oxygens (including phenoxy) is 1. The minimum absolute atomic E-state index is 0.243. The van der Waals surface area contributed by atoms with Crippen LogP contribution in [0.3, 0.4) is 0 Å². The largest absolute Gasteiger partial charge is 0.494 e. The maximum Gasteiger partial charge on any atom is 0.293 e. The second kappa shape index (κ2) is 6.81. The number of rotatable bonds is 5. The summed E-state index contributed by atoms with van der Waals surface area (Å²) in [6.45, 7) is 2.77. The summed E-state index contributed by atoms with van der Waals surface area (Å²) >= 11 is 6.52. The number of nitrogens with zero attached hydrogens (tertiary/aromatic N) is 1. The van der Waals surface area contributed by atoms with Gasteiger partial charge in [-0.05, 0) is 42.5 Å². The number of alkyl halides is 1. The van der Waals surface area contributed by atoms with Crippen LogP contribution < -0.4 is 4.74 Å². The third-order valence-corrected chi connectivity index (χ3v) is 3.75. The predicted octanol–water partition coefficient (Wildman–Crippen LogP) is 3.36. The Hall–Kier alpha value is -1.46. The average molecular weight is 312 g/mol. The highest BCUT2D eigenvalue weighted by Crippen LogP contribution is 2.32. The molecule has 0 bridgehead atoms. The van der Waals surface area contributed by atoms with Crippen molar-refractivity contribution < 1.29 is 14.3 Å². The maximum absolute atomic E-state index is 12.0. The average Bonchev–Trinajstić information content (AvgIpc) is 2.69. The van der Waals surface area contributed by atoms with Crippen LogP contribution in [0.2, 0.25) is 0 Å². The molecule has 1 aromatic carbocycles. The summed E-state index contributed by atoms with van der Waals surface area (Å²) in [7, 11) is 0. The molecule has 0 unspecified atom stereocenters. The summed E-state index contributed by atoms with van der Waals surface area (Å²) in [6.07, 6.45) is 1.70. The van der Waals surface area contributed by atoms with Crippen LogP contribution in [0.4, 0.5) is 4.79 Å². The molecule has 0 saturated carbocycles. The molecular weight excluding hydrogens is 298 g/mol. The topological polar surface area (TPSA) is 46.6 Å². The molecule has 0 atom stereocenters. The Morgan fingerprint density at radius 1 is 1.30 bits per heavy atom. The first-order valence-electron chi connectivity index (χ1n) is 6.20. The van der Waals surface area contributed by atoms with Crippen molar-refractivity contribution in [1.82, 2.24) is 4.90 Å². The second-order valence-electron chi connectivity index (χ2n) is 4.02. The van der Waals surface area contributed by atoms with Gasteiger partial charge in [0, 0.05) is 12.4 Å². The fraction of sp³-hybridized carbons (Fsp3) is 0.286. The van der Waals surface area contributed by atoms with Crippen LogP contribution in [0.25, 0.3) is 6.08 Å².